The number of rotatable bonds is 3. The molecule has 0 saturated carbocycles. The highest BCUT2D eigenvalue weighted by molar-refractivity contribution is 5.80. The molecule has 1 aromatic heterocycles. The molecule has 2 bridgehead atoms. The van der Waals surface area contributed by atoms with E-state index in [9.17, 15) is 4.79 Å². The molecule has 4 heterocycles. The van der Waals surface area contributed by atoms with Crippen LogP contribution in [0.3, 0.4) is 0 Å². The van der Waals surface area contributed by atoms with Gasteiger partial charge in [0, 0.05) is 38.6 Å². The maximum atomic E-state index is 12.7. The standard InChI is InChI=1S/C17H24N4O2/c1-2-12-8-18-17(19-9-12)21-10-13-7-14(15(11-21)23-13)16(22)20-5-3-4-6-20/h8-9,13-15H,2-7,10-11H2,1H3/t13-,14-,15-/m1/s1. The molecule has 3 aliphatic heterocycles. The molecule has 0 spiro atoms. The molecule has 6 heteroatoms. The summed E-state index contributed by atoms with van der Waals surface area (Å²) in [6, 6.07) is 0. The Labute approximate surface area is 136 Å². The first kappa shape index (κ1) is 14.9. The van der Waals surface area contributed by atoms with E-state index in [4.69, 9.17) is 4.74 Å². The van der Waals surface area contributed by atoms with Crippen LogP contribution in [-0.2, 0) is 16.0 Å². The van der Waals surface area contributed by atoms with E-state index in [2.05, 4.69) is 21.8 Å². The average Bonchev–Trinajstić information content (AvgIpc) is 3.22. The number of hydrogen-bond donors (Lipinski definition) is 0. The highest BCUT2D eigenvalue weighted by Crippen LogP contribution is 2.34. The smallest absolute Gasteiger partial charge is 0.228 e. The first-order valence-corrected chi connectivity index (χ1v) is 8.74. The number of fused-ring (bicyclic) bond motifs is 2. The number of amides is 1. The minimum absolute atomic E-state index is 0.0121. The van der Waals surface area contributed by atoms with Crippen molar-refractivity contribution >= 4 is 11.9 Å². The number of hydrogen-bond acceptors (Lipinski definition) is 5. The second-order valence-corrected chi connectivity index (χ2v) is 6.82. The molecule has 0 aromatic carbocycles. The summed E-state index contributed by atoms with van der Waals surface area (Å²) in [5, 5.41) is 0. The number of aromatic nitrogens is 2. The summed E-state index contributed by atoms with van der Waals surface area (Å²) in [4.78, 5) is 25.9. The Morgan fingerprint density at radius 3 is 2.70 bits per heavy atom. The Balaban J connectivity index is 1.46. The fourth-order valence-electron chi connectivity index (χ4n) is 3.95. The van der Waals surface area contributed by atoms with Crippen molar-refractivity contribution in [3.63, 3.8) is 0 Å². The zero-order valence-corrected chi connectivity index (χ0v) is 13.6. The van der Waals surface area contributed by atoms with Crippen molar-refractivity contribution in [2.45, 2.75) is 44.8 Å². The Kier molecular flexibility index (Phi) is 3.93. The lowest BCUT2D eigenvalue weighted by Gasteiger charge is -2.33. The highest BCUT2D eigenvalue weighted by Gasteiger charge is 2.46. The van der Waals surface area contributed by atoms with E-state index in [-0.39, 0.29) is 18.1 Å². The second kappa shape index (κ2) is 6.07. The first-order chi connectivity index (χ1) is 11.2. The summed E-state index contributed by atoms with van der Waals surface area (Å²) in [5.41, 5.74) is 1.15. The number of nitrogens with zero attached hydrogens (tertiary/aromatic N) is 4. The van der Waals surface area contributed by atoms with Gasteiger partial charge in [0.2, 0.25) is 11.9 Å². The van der Waals surface area contributed by atoms with Crippen LogP contribution < -0.4 is 4.90 Å². The summed E-state index contributed by atoms with van der Waals surface area (Å²) in [7, 11) is 0. The first-order valence-electron chi connectivity index (χ1n) is 8.74. The van der Waals surface area contributed by atoms with Gasteiger partial charge >= 0.3 is 0 Å². The normalized spacial score (nSPS) is 30.0. The minimum atomic E-state index is -0.0173. The fourth-order valence-corrected chi connectivity index (χ4v) is 3.95. The van der Waals surface area contributed by atoms with E-state index >= 15 is 0 Å². The molecule has 23 heavy (non-hydrogen) atoms. The number of ether oxygens (including phenoxy) is 1. The van der Waals surface area contributed by atoms with Gasteiger partial charge in [-0.1, -0.05) is 6.92 Å². The molecule has 3 atom stereocenters. The summed E-state index contributed by atoms with van der Waals surface area (Å²) in [5.74, 6) is 1.06. The van der Waals surface area contributed by atoms with Crippen LogP contribution in [0.25, 0.3) is 0 Å². The van der Waals surface area contributed by atoms with Gasteiger partial charge in [-0.05, 0) is 31.2 Å². The second-order valence-electron chi connectivity index (χ2n) is 6.82. The molecule has 1 amide bonds. The number of carbonyl (C=O) groups excluding carboxylic acids is 1. The summed E-state index contributed by atoms with van der Waals surface area (Å²) in [6.07, 6.45) is 7.95. The lowest BCUT2D eigenvalue weighted by Crippen LogP contribution is -2.46. The van der Waals surface area contributed by atoms with Gasteiger partial charge in [0.1, 0.15) is 0 Å². The van der Waals surface area contributed by atoms with Crippen LogP contribution >= 0.6 is 0 Å². The lowest BCUT2D eigenvalue weighted by atomic mass is 9.99. The zero-order chi connectivity index (χ0) is 15.8. The third-order valence-corrected chi connectivity index (χ3v) is 5.27. The van der Waals surface area contributed by atoms with E-state index in [0.717, 1.165) is 56.8 Å². The molecular formula is C17H24N4O2. The van der Waals surface area contributed by atoms with Crippen LogP contribution in [0.5, 0.6) is 0 Å². The van der Waals surface area contributed by atoms with Crippen LogP contribution in [0.1, 0.15) is 31.7 Å². The number of aryl methyl sites for hydroxylation is 1. The average molecular weight is 316 g/mol. The van der Waals surface area contributed by atoms with E-state index in [1.54, 1.807) is 0 Å². The van der Waals surface area contributed by atoms with Crippen LogP contribution in [0.4, 0.5) is 5.95 Å². The van der Waals surface area contributed by atoms with Crippen LogP contribution in [0, 0.1) is 5.92 Å². The van der Waals surface area contributed by atoms with E-state index in [0.29, 0.717) is 12.5 Å². The molecule has 4 rings (SSSR count). The number of carbonyl (C=O) groups is 1. The quantitative estimate of drug-likeness (QED) is 0.840. The Hall–Kier alpha value is -1.69. The Morgan fingerprint density at radius 1 is 1.26 bits per heavy atom. The molecule has 1 aromatic rings. The molecular weight excluding hydrogens is 292 g/mol. The monoisotopic (exact) mass is 316 g/mol. The fraction of sp³-hybridized carbons (Fsp3) is 0.706. The van der Waals surface area contributed by atoms with Gasteiger partial charge in [0.05, 0.1) is 18.1 Å². The number of morpholine rings is 1. The van der Waals surface area contributed by atoms with Crippen molar-refractivity contribution < 1.29 is 9.53 Å². The van der Waals surface area contributed by atoms with Gasteiger partial charge in [-0.3, -0.25) is 4.79 Å². The van der Waals surface area contributed by atoms with Gasteiger partial charge in [-0.25, -0.2) is 9.97 Å². The molecule has 0 N–H and O–H groups in total. The predicted octanol–water partition coefficient (Wildman–Crippen LogP) is 1.26. The van der Waals surface area contributed by atoms with Gasteiger partial charge in [-0.15, -0.1) is 0 Å². The maximum absolute atomic E-state index is 12.7. The van der Waals surface area contributed by atoms with Crippen molar-refractivity contribution in [1.29, 1.82) is 0 Å². The summed E-state index contributed by atoms with van der Waals surface area (Å²) in [6.45, 7) is 5.43. The van der Waals surface area contributed by atoms with Crippen molar-refractivity contribution in [3.05, 3.63) is 18.0 Å². The molecule has 0 aliphatic carbocycles. The lowest BCUT2D eigenvalue weighted by molar-refractivity contribution is -0.136. The molecule has 0 unspecified atom stereocenters. The number of anilines is 1. The third-order valence-electron chi connectivity index (χ3n) is 5.27. The third kappa shape index (κ3) is 2.80. The van der Waals surface area contributed by atoms with Crippen LogP contribution in [0.2, 0.25) is 0 Å². The van der Waals surface area contributed by atoms with Crippen molar-refractivity contribution in [2.75, 3.05) is 31.1 Å². The van der Waals surface area contributed by atoms with Crippen molar-refractivity contribution in [3.8, 4) is 0 Å². The molecule has 3 fully saturated rings. The van der Waals surface area contributed by atoms with E-state index < -0.39 is 0 Å². The molecule has 6 nitrogen and oxygen atoms in total. The van der Waals surface area contributed by atoms with E-state index in [1.807, 2.05) is 17.3 Å². The highest BCUT2D eigenvalue weighted by atomic mass is 16.5. The van der Waals surface area contributed by atoms with Gasteiger partial charge in [0.25, 0.3) is 0 Å². The van der Waals surface area contributed by atoms with Crippen molar-refractivity contribution in [1.82, 2.24) is 14.9 Å². The topological polar surface area (TPSA) is 58.6 Å². The van der Waals surface area contributed by atoms with Crippen molar-refractivity contribution in [2.24, 2.45) is 5.92 Å². The minimum Gasteiger partial charge on any atom is -0.370 e. The zero-order valence-electron chi connectivity index (χ0n) is 13.6. The van der Waals surface area contributed by atoms with Gasteiger partial charge < -0.3 is 14.5 Å². The predicted molar refractivity (Wildman–Crippen MR) is 86.2 cm³/mol. The SMILES string of the molecule is CCc1cnc(N2C[C@H]3C[C@@H](C(=O)N4CCCC4)[C@@H](C2)O3)nc1. The van der Waals surface area contributed by atoms with Crippen LogP contribution in [-0.4, -0.2) is 59.2 Å². The maximum Gasteiger partial charge on any atom is 0.228 e. The molecule has 3 saturated heterocycles. The largest absolute Gasteiger partial charge is 0.370 e. The van der Waals surface area contributed by atoms with Gasteiger partial charge in [-0.2, -0.15) is 0 Å². The Bertz CT molecular complexity index is 570. The molecule has 124 valence electrons. The Morgan fingerprint density at radius 2 is 2.00 bits per heavy atom. The molecule has 0 radical (unpaired) electrons. The number of likely N-dealkylation sites (tertiary alicyclic amines) is 1. The summed E-state index contributed by atoms with van der Waals surface area (Å²) < 4.78 is 6.04. The summed E-state index contributed by atoms with van der Waals surface area (Å²) >= 11 is 0. The van der Waals surface area contributed by atoms with Crippen LogP contribution in [0.15, 0.2) is 12.4 Å². The molecule has 3 aliphatic rings. The van der Waals surface area contributed by atoms with E-state index in [1.165, 1.54) is 0 Å². The van der Waals surface area contributed by atoms with Gasteiger partial charge in [0.15, 0.2) is 0 Å².